The lowest BCUT2D eigenvalue weighted by molar-refractivity contribution is -0.907. The van der Waals surface area contributed by atoms with Crippen LogP contribution in [0.3, 0.4) is 0 Å². The van der Waals surface area contributed by atoms with Crippen LogP contribution in [0.4, 0.5) is 0 Å². The van der Waals surface area contributed by atoms with Crippen LogP contribution in [0.1, 0.15) is 146 Å². The second kappa shape index (κ2) is 24.8. The Morgan fingerprint density at radius 2 is 1.68 bits per heavy atom. The number of ether oxygens (including phenoxy) is 4. The van der Waals surface area contributed by atoms with Gasteiger partial charge >= 0.3 is 13.8 Å². The second-order valence-corrected chi connectivity index (χ2v) is 26.0. The highest BCUT2D eigenvalue weighted by atomic mass is 35.5. The largest absolute Gasteiger partial charge is 1.00 e. The van der Waals surface area contributed by atoms with E-state index >= 15 is 4.79 Å². The van der Waals surface area contributed by atoms with Crippen molar-refractivity contribution in [1.29, 1.82) is 0 Å². The summed E-state index contributed by atoms with van der Waals surface area (Å²) >= 11 is 0. The Labute approximate surface area is 462 Å². The fourth-order valence-electron chi connectivity index (χ4n) is 15.1. The molecule has 1 aliphatic heterocycles. The van der Waals surface area contributed by atoms with Gasteiger partial charge in [0.05, 0.1) is 39.0 Å². The number of carbonyl (C=O) groups excluding carboxylic acids is 3. The number of nitrogens with zero attached hydrogens (tertiary/aromatic N) is 1. The first-order valence-corrected chi connectivity index (χ1v) is 30.2. The van der Waals surface area contributed by atoms with Gasteiger partial charge < -0.3 is 55.9 Å². The zero-order chi connectivity index (χ0) is 53.9. The molecular formula is C60H86ClN2O13P. The van der Waals surface area contributed by atoms with E-state index in [-0.39, 0.29) is 71.0 Å². The lowest BCUT2D eigenvalue weighted by Gasteiger charge is -2.59. The third-order valence-corrected chi connectivity index (χ3v) is 19.4. The van der Waals surface area contributed by atoms with Crippen LogP contribution in [0.25, 0.3) is 0 Å². The number of halogens is 1. The average molecular weight is 1110 g/mol. The van der Waals surface area contributed by atoms with Crippen molar-refractivity contribution >= 4 is 25.4 Å². The van der Waals surface area contributed by atoms with Crippen LogP contribution in [-0.4, -0.2) is 120 Å². The molecule has 6 fully saturated rings. The van der Waals surface area contributed by atoms with E-state index in [1.807, 2.05) is 26.2 Å². The number of nitrogens with one attached hydrogen (secondary N) is 1. The predicted molar refractivity (Wildman–Crippen MR) is 286 cm³/mol. The number of fused-ring (bicyclic) bond motifs is 7. The average Bonchev–Trinajstić information content (AvgIpc) is 4.21. The highest BCUT2D eigenvalue weighted by molar-refractivity contribution is 7.46. The maximum Gasteiger partial charge on any atom is 0.524 e. The fourth-order valence-corrected chi connectivity index (χ4v) is 15.5. The number of Topliss-reactive ketones (excluding diaryl/α,β-unsaturated/α-hetero) is 1. The van der Waals surface area contributed by atoms with Crippen LogP contribution in [0.5, 0.6) is 5.75 Å². The number of carbonyl (C=O) groups is 3. The molecule has 0 bridgehead atoms. The molecule has 6 aliphatic carbocycles. The first-order chi connectivity index (χ1) is 36.3. The molecule has 426 valence electrons. The number of benzene rings is 2. The minimum atomic E-state index is -4.95. The Bertz CT molecular complexity index is 2490. The quantitative estimate of drug-likeness (QED) is 0.0327. The van der Waals surface area contributed by atoms with E-state index in [1.54, 1.807) is 24.3 Å². The second-order valence-electron chi connectivity index (χ2n) is 24.9. The molecule has 77 heavy (non-hydrogen) atoms. The van der Waals surface area contributed by atoms with E-state index in [4.69, 9.17) is 23.5 Å². The number of hydrogen-bond donors (Lipinski definition) is 5. The Morgan fingerprint density at radius 1 is 0.948 bits per heavy atom. The minimum Gasteiger partial charge on any atom is -1.00 e. The van der Waals surface area contributed by atoms with Crippen molar-refractivity contribution in [3.8, 4) is 5.75 Å². The van der Waals surface area contributed by atoms with Crippen LogP contribution in [0.15, 0.2) is 72.3 Å². The number of hydrogen-bond acceptors (Lipinski definition) is 12. The Hall–Kier alpha value is -3.31. The van der Waals surface area contributed by atoms with Crippen molar-refractivity contribution < 1.29 is 79.3 Å². The van der Waals surface area contributed by atoms with Crippen LogP contribution in [0.2, 0.25) is 0 Å². The number of rotatable bonds is 26. The molecule has 0 aromatic heterocycles. The lowest BCUT2D eigenvalue weighted by atomic mass is 9.46. The molecule has 2 aromatic carbocycles. The smallest absolute Gasteiger partial charge is 0.524 e. The molecule has 15 nitrogen and oxygen atoms in total. The summed E-state index contributed by atoms with van der Waals surface area (Å²) in [6, 6.07) is 15.3. The van der Waals surface area contributed by atoms with Crippen molar-refractivity contribution in [2.45, 2.75) is 166 Å². The molecule has 10 atom stereocenters. The SMILES string of the molecule is C[C@]12C=CC(=O)C=C1CC[C@@H]1[C@@H]2[C@@H](O)C[C@@]2(C)[C@H]1C[C@H]1O[C@@H](C3CCCCC3)O[C@]12C(=O)COC(=O)C1(C[N+](C)(C)Cc2cc(C(O)CNCCCCCCOCCCCc3ccccc3)ccc2OP(=O)(O)O)CC1.[Cl-]. The van der Waals surface area contributed by atoms with Crippen LogP contribution >= 0.6 is 7.82 Å². The summed E-state index contributed by atoms with van der Waals surface area (Å²) in [6.45, 7) is 6.81. The van der Waals surface area contributed by atoms with E-state index in [0.29, 0.717) is 43.4 Å². The van der Waals surface area contributed by atoms with Crippen LogP contribution in [0, 0.1) is 39.9 Å². The standard InChI is InChI=1S/C60H85N2O13P.ClH/c1-57-27-26-46(63)34-45(57)23-24-47-48-35-53-60(58(48,2)36-49(64)54(47)57,74-55(73-53)42-20-11-8-12-21-42)52(66)39-72-56(67)59(28-29-59)40-62(3,4)38-44-33-43(22-25-51(44)75-76(68,69)70)50(65)37-61-30-14-5-6-15-31-71-32-16-13-19-41-17-9-7-10-18-41;/h7,9-10,17-18,22,25-27,33-34,42,47-50,53-55,61,64-65H,5-6,8,11-16,19-21,23-24,28-32,35-40H2,1-4H3,(H-,68,69,70);1H/t47-,48-,49-,50?,53+,54+,55+,57-,58-,60+;/m0./s1. The predicted octanol–water partition coefficient (Wildman–Crippen LogP) is 5.80. The number of ketones is 2. The molecule has 7 aliphatic rings. The summed E-state index contributed by atoms with van der Waals surface area (Å²) in [4.78, 5) is 61.8. The fraction of sp³-hybridized carbons (Fsp3) is 0.683. The van der Waals surface area contributed by atoms with Gasteiger partial charge in [0.1, 0.15) is 17.7 Å². The first kappa shape index (κ1) is 59.8. The number of quaternary nitrogens is 1. The number of aliphatic hydroxyl groups is 2. The zero-order valence-corrected chi connectivity index (χ0v) is 47.5. The van der Waals surface area contributed by atoms with E-state index in [9.17, 15) is 34.2 Å². The molecule has 1 heterocycles. The van der Waals surface area contributed by atoms with Crippen LogP contribution in [-0.2, 0) is 50.9 Å². The Morgan fingerprint density at radius 3 is 2.40 bits per heavy atom. The molecule has 5 saturated carbocycles. The summed E-state index contributed by atoms with van der Waals surface area (Å²) in [7, 11) is -1.09. The molecule has 2 aromatic rings. The van der Waals surface area contributed by atoms with Crippen molar-refractivity contribution in [1.82, 2.24) is 5.32 Å². The third-order valence-electron chi connectivity index (χ3n) is 18.9. The summed E-state index contributed by atoms with van der Waals surface area (Å²) in [5, 5.41) is 26.9. The van der Waals surface area contributed by atoms with Gasteiger partial charge in [-0.2, -0.15) is 0 Å². The summed E-state index contributed by atoms with van der Waals surface area (Å²) in [5.74, 6) is -0.800. The van der Waals surface area contributed by atoms with Gasteiger partial charge in [-0.3, -0.25) is 24.2 Å². The molecule has 0 radical (unpaired) electrons. The van der Waals surface area contributed by atoms with Gasteiger partial charge in [0.15, 0.2) is 24.3 Å². The topological polar surface area (TPSA) is 207 Å². The maximum atomic E-state index is 15.2. The lowest BCUT2D eigenvalue weighted by Crippen LogP contribution is -3.00. The van der Waals surface area contributed by atoms with Gasteiger partial charge in [0.25, 0.3) is 0 Å². The Balaban J connectivity index is 0.00000784. The van der Waals surface area contributed by atoms with E-state index in [0.717, 1.165) is 115 Å². The van der Waals surface area contributed by atoms with Gasteiger partial charge in [-0.15, -0.1) is 0 Å². The number of esters is 1. The van der Waals surface area contributed by atoms with E-state index in [1.165, 1.54) is 11.6 Å². The van der Waals surface area contributed by atoms with E-state index in [2.05, 4.69) is 43.4 Å². The van der Waals surface area contributed by atoms with Crippen molar-refractivity contribution in [2.24, 2.45) is 39.9 Å². The number of phosphoric ester groups is 1. The first-order valence-electron chi connectivity index (χ1n) is 28.6. The number of allylic oxidation sites excluding steroid dienone is 4. The van der Waals surface area contributed by atoms with Gasteiger partial charge in [0.2, 0.25) is 5.78 Å². The summed E-state index contributed by atoms with van der Waals surface area (Å²) in [6.07, 6.45) is 18.6. The summed E-state index contributed by atoms with van der Waals surface area (Å²) in [5.41, 5.74) is -0.159. The van der Waals surface area contributed by atoms with Gasteiger partial charge in [-0.25, -0.2) is 4.57 Å². The monoisotopic (exact) mass is 1110 g/mol. The molecule has 5 N–H and O–H groups in total. The Kier molecular flexibility index (Phi) is 19.3. The highest BCUT2D eigenvalue weighted by Crippen LogP contribution is 2.70. The van der Waals surface area contributed by atoms with E-state index < -0.39 is 66.8 Å². The maximum absolute atomic E-state index is 15.2. The minimum absolute atomic E-state index is 0. The number of unbranched alkanes of at least 4 members (excludes halogenated alkanes) is 4. The number of phosphoric acid groups is 1. The molecule has 1 unspecified atom stereocenters. The van der Waals surface area contributed by atoms with Gasteiger partial charge in [0, 0.05) is 48.0 Å². The van der Waals surface area contributed by atoms with Crippen molar-refractivity contribution in [2.75, 3.05) is 53.6 Å². The van der Waals surface area contributed by atoms with Crippen molar-refractivity contribution in [3.05, 3.63) is 89.0 Å². The van der Waals surface area contributed by atoms with Crippen molar-refractivity contribution in [3.63, 3.8) is 0 Å². The molecule has 9 rings (SSSR count). The van der Waals surface area contributed by atoms with Gasteiger partial charge in [-0.05, 0) is 137 Å². The number of aliphatic hydroxyl groups excluding tert-OH is 2. The third kappa shape index (κ3) is 13.2. The van der Waals surface area contributed by atoms with Gasteiger partial charge in [-0.1, -0.05) is 94.0 Å². The molecule has 17 heteroatoms. The molecular weight excluding hydrogens is 1020 g/mol. The molecule has 0 spiro atoms. The molecule has 1 saturated heterocycles. The number of aryl methyl sites for hydroxylation is 1. The van der Waals surface area contributed by atoms with Crippen LogP contribution < -0.4 is 22.2 Å². The summed E-state index contributed by atoms with van der Waals surface area (Å²) < 4.78 is 43.5. The molecule has 0 amide bonds. The highest BCUT2D eigenvalue weighted by Gasteiger charge is 2.76. The normalized spacial score (nSPS) is 30.8. The zero-order valence-electron chi connectivity index (χ0n) is 45.9.